The van der Waals surface area contributed by atoms with Crippen LogP contribution in [0.5, 0.6) is 5.75 Å². The Bertz CT molecular complexity index is 586. The van der Waals surface area contributed by atoms with E-state index in [4.69, 9.17) is 4.18 Å². The van der Waals surface area contributed by atoms with Gasteiger partial charge in [-0.25, -0.2) is 0 Å². The standard InChI is InChI=1S/C13H11O3S/c1-11-7-9-13(10-8-11)17(14,15)16-12-5-3-2-4-6-12/h3-10H,1H3. The van der Waals surface area contributed by atoms with Gasteiger partial charge in [0, 0.05) is 0 Å². The van der Waals surface area contributed by atoms with Crippen LogP contribution in [0.15, 0.2) is 53.4 Å². The van der Waals surface area contributed by atoms with Crippen molar-refractivity contribution in [3.05, 3.63) is 60.2 Å². The molecule has 0 aliphatic carbocycles. The largest absolute Gasteiger partial charge is 0.379 e. The molecule has 0 fully saturated rings. The van der Waals surface area contributed by atoms with E-state index in [0.29, 0.717) is 0 Å². The van der Waals surface area contributed by atoms with E-state index in [1.165, 1.54) is 12.1 Å². The highest BCUT2D eigenvalue weighted by Crippen LogP contribution is 2.18. The Morgan fingerprint density at radius 3 is 2.18 bits per heavy atom. The molecule has 2 aromatic carbocycles. The van der Waals surface area contributed by atoms with E-state index < -0.39 is 10.1 Å². The molecular formula is C13H11O3S. The number of hydrogen-bond donors (Lipinski definition) is 0. The summed E-state index contributed by atoms with van der Waals surface area (Å²) >= 11 is 0. The minimum atomic E-state index is -3.74. The fraction of sp³-hybridized carbons (Fsp3) is 0.0769. The molecule has 2 aromatic rings. The van der Waals surface area contributed by atoms with Gasteiger partial charge < -0.3 is 4.18 Å². The van der Waals surface area contributed by atoms with Gasteiger partial charge in [-0.05, 0) is 37.3 Å². The van der Waals surface area contributed by atoms with Crippen LogP contribution in [-0.2, 0) is 10.1 Å². The zero-order valence-electron chi connectivity index (χ0n) is 9.25. The summed E-state index contributed by atoms with van der Waals surface area (Å²) in [5.74, 6) is 0.282. The molecule has 0 saturated carbocycles. The second kappa shape index (κ2) is 4.59. The van der Waals surface area contributed by atoms with Gasteiger partial charge in [-0.2, -0.15) is 8.42 Å². The highest BCUT2D eigenvalue weighted by Gasteiger charge is 2.15. The average Bonchev–Trinajstić information content (AvgIpc) is 2.30. The predicted molar refractivity (Wildman–Crippen MR) is 64.3 cm³/mol. The molecule has 0 saturated heterocycles. The van der Waals surface area contributed by atoms with E-state index in [1.807, 2.05) is 6.92 Å². The minimum absolute atomic E-state index is 0.149. The fourth-order valence-electron chi connectivity index (χ4n) is 1.31. The SMILES string of the molecule is Cc1ccc(S(=O)(=O)Oc2cc[c]cc2)cc1. The van der Waals surface area contributed by atoms with Crippen molar-refractivity contribution in [2.24, 2.45) is 0 Å². The van der Waals surface area contributed by atoms with E-state index in [0.717, 1.165) is 5.56 Å². The van der Waals surface area contributed by atoms with Gasteiger partial charge in [0.15, 0.2) is 0 Å². The lowest BCUT2D eigenvalue weighted by Crippen LogP contribution is -2.09. The Kier molecular flexibility index (Phi) is 3.15. The Morgan fingerprint density at radius 1 is 1.00 bits per heavy atom. The van der Waals surface area contributed by atoms with Crippen molar-refractivity contribution in [2.75, 3.05) is 0 Å². The normalized spacial score (nSPS) is 11.1. The summed E-state index contributed by atoms with van der Waals surface area (Å²) in [4.78, 5) is 0.149. The first-order valence-electron chi connectivity index (χ1n) is 5.05. The molecule has 0 N–H and O–H groups in total. The van der Waals surface area contributed by atoms with Crippen LogP contribution >= 0.6 is 0 Å². The molecule has 0 aromatic heterocycles. The van der Waals surface area contributed by atoms with Gasteiger partial charge in [-0.15, -0.1) is 0 Å². The van der Waals surface area contributed by atoms with Gasteiger partial charge in [-0.1, -0.05) is 29.8 Å². The van der Waals surface area contributed by atoms with Gasteiger partial charge in [0.2, 0.25) is 0 Å². The van der Waals surface area contributed by atoms with E-state index in [1.54, 1.807) is 36.4 Å². The van der Waals surface area contributed by atoms with Crippen LogP contribution in [0.3, 0.4) is 0 Å². The maximum Gasteiger partial charge on any atom is 0.339 e. The third-order valence-electron chi connectivity index (χ3n) is 2.20. The first-order valence-corrected chi connectivity index (χ1v) is 6.46. The Hall–Kier alpha value is -1.81. The van der Waals surface area contributed by atoms with E-state index >= 15 is 0 Å². The maximum absolute atomic E-state index is 11.9. The molecule has 0 atom stereocenters. The topological polar surface area (TPSA) is 43.4 Å². The summed E-state index contributed by atoms with van der Waals surface area (Å²) in [5, 5.41) is 0. The number of benzene rings is 2. The zero-order chi connectivity index (χ0) is 12.3. The predicted octanol–water partition coefficient (Wildman–Crippen LogP) is 2.56. The lowest BCUT2D eigenvalue weighted by Gasteiger charge is -2.06. The molecule has 0 aliphatic rings. The molecule has 17 heavy (non-hydrogen) atoms. The molecule has 87 valence electrons. The van der Waals surface area contributed by atoms with Crippen LogP contribution in [0.25, 0.3) is 0 Å². The van der Waals surface area contributed by atoms with E-state index in [9.17, 15) is 8.42 Å². The third-order valence-corrected chi connectivity index (χ3v) is 3.46. The molecule has 4 heteroatoms. The minimum Gasteiger partial charge on any atom is -0.379 e. The van der Waals surface area contributed by atoms with Crippen LogP contribution in [0.4, 0.5) is 0 Å². The Labute approximate surface area is 101 Å². The van der Waals surface area contributed by atoms with Crippen molar-refractivity contribution in [1.82, 2.24) is 0 Å². The molecule has 2 rings (SSSR count). The molecule has 0 unspecified atom stereocenters. The molecule has 0 spiro atoms. The zero-order valence-corrected chi connectivity index (χ0v) is 10.1. The summed E-state index contributed by atoms with van der Waals surface area (Å²) < 4.78 is 28.7. The van der Waals surface area contributed by atoms with Crippen molar-refractivity contribution in [1.29, 1.82) is 0 Å². The highest BCUT2D eigenvalue weighted by atomic mass is 32.2. The van der Waals surface area contributed by atoms with Crippen molar-refractivity contribution in [2.45, 2.75) is 11.8 Å². The number of aryl methyl sites for hydroxylation is 1. The van der Waals surface area contributed by atoms with Gasteiger partial charge >= 0.3 is 10.1 Å². The van der Waals surface area contributed by atoms with Gasteiger partial charge in [0.25, 0.3) is 0 Å². The summed E-state index contributed by atoms with van der Waals surface area (Å²) in [6.45, 7) is 1.89. The first kappa shape index (κ1) is 11.7. The average molecular weight is 247 g/mol. The van der Waals surface area contributed by atoms with E-state index in [-0.39, 0.29) is 10.6 Å². The van der Waals surface area contributed by atoms with Crippen LogP contribution in [0, 0.1) is 13.0 Å². The van der Waals surface area contributed by atoms with Crippen molar-refractivity contribution >= 4 is 10.1 Å². The molecular weight excluding hydrogens is 236 g/mol. The molecule has 1 radical (unpaired) electrons. The molecule has 0 bridgehead atoms. The first-order chi connectivity index (χ1) is 8.08. The lowest BCUT2D eigenvalue weighted by molar-refractivity contribution is 0.486. The van der Waals surface area contributed by atoms with Crippen LogP contribution in [0.1, 0.15) is 5.56 Å². The van der Waals surface area contributed by atoms with Crippen LogP contribution < -0.4 is 4.18 Å². The van der Waals surface area contributed by atoms with Crippen molar-refractivity contribution in [3.8, 4) is 5.75 Å². The molecule has 0 aliphatic heterocycles. The van der Waals surface area contributed by atoms with Crippen LogP contribution in [-0.4, -0.2) is 8.42 Å². The summed E-state index contributed by atoms with van der Waals surface area (Å²) in [6.07, 6.45) is 0. The summed E-state index contributed by atoms with van der Waals surface area (Å²) in [5.41, 5.74) is 0.998. The summed E-state index contributed by atoms with van der Waals surface area (Å²) in [6, 6.07) is 15.6. The number of rotatable bonds is 3. The second-order valence-corrected chi connectivity index (χ2v) is 5.13. The van der Waals surface area contributed by atoms with Crippen molar-refractivity contribution < 1.29 is 12.6 Å². The van der Waals surface area contributed by atoms with Crippen molar-refractivity contribution in [3.63, 3.8) is 0 Å². The van der Waals surface area contributed by atoms with Gasteiger partial charge in [-0.3, -0.25) is 0 Å². The third kappa shape index (κ3) is 2.85. The smallest absolute Gasteiger partial charge is 0.339 e. The Balaban J connectivity index is 2.29. The highest BCUT2D eigenvalue weighted by molar-refractivity contribution is 7.87. The lowest BCUT2D eigenvalue weighted by atomic mass is 10.2. The molecule has 0 heterocycles. The second-order valence-electron chi connectivity index (χ2n) is 3.59. The Morgan fingerprint density at radius 2 is 1.59 bits per heavy atom. The summed E-state index contributed by atoms with van der Waals surface area (Å²) in [7, 11) is -3.74. The monoisotopic (exact) mass is 247 g/mol. The molecule has 0 amide bonds. The maximum atomic E-state index is 11.9. The van der Waals surface area contributed by atoms with Gasteiger partial charge in [0.05, 0.1) is 0 Å². The van der Waals surface area contributed by atoms with Crippen LogP contribution in [0.2, 0.25) is 0 Å². The molecule has 3 nitrogen and oxygen atoms in total. The number of hydrogen-bond acceptors (Lipinski definition) is 3. The van der Waals surface area contributed by atoms with E-state index in [2.05, 4.69) is 6.07 Å². The van der Waals surface area contributed by atoms with Gasteiger partial charge in [0.1, 0.15) is 10.6 Å². The fourth-order valence-corrected chi connectivity index (χ4v) is 2.24. The quantitative estimate of drug-likeness (QED) is 0.783.